The first-order valence-electron chi connectivity index (χ1n) is 3.39. The van der Waals surface area contributed by atoms with Gasteiger partial charge in [0, 0.05) is 0 Å². The number of hydrogen-bond acceptors (Lipinski definition) is 3. The monoisotopic (exact) mass is 231 g/mol. The molecule has 3 nitrogen and oxygen atoms in total. The second-order valence-corrected chi connectivity index (χ2v) is 5.49. The Bertz CT molecular complexity index is 244. The van der Waals surface area contributed by atoms with Crippen LogP contribution in [0.2, 0.25) is 0 Å². The fraction of sp³-hybridized carbons (Fsp3) is 0.667. The van der Waals surface area contributed by atoms with E-state index in [2.05, 4.69) is 0 Å². The summed E-state index contributed by atoms with van der Waals surface area (Å²) in [5.41, 5.74) is 5.16. The highest BCUT2D eigenvalue weighted by molar-refractivity contribution is 7.91. The molecule has 0 amide bonds. The molecule has 0 saturated carbocycles. The molecule has 0 heterocycles. The lowest BCUT2D eigenvalue weighted by Crippen LogP contribution is -2.13. The smallest absolute Gasteiger partial charge is 0.153 e. The minimum Gasteiger partial charge on any atom is -0.330 e. The van der Waals surface area contributed by atoms with Crippen LogP contribution in [0.3, 0.4) is 0 Å². The Labute approximate surface area is 82.4 Å². The Hall–Kier alpha value is 0.230. The van der Waals surface area contributed by atoms with E-state index in [0.29, 0.717) is 13.0 Å². The first kappa shape index (κ1) is 12.2. The topological polar surface area (TPSA) is 60.2 Å². The van der Waals surface area contributed by atoms with Crippen molar-refractivity contribution in [1.82, 2.24) is 0 Å². The molecule has 0 aliphatic carbocycles. The summed E-state index contributed by atoms with van der Waals surface area (Å²) in [5, 5.41) is 0. The van der Waals surface area contributed by atoms with Gasteiger partial charge in [-0.1, -0.05) is 23.2 Å². The minimum atomic E-state index is -3.06. The highest BCUT2D eigenvalue weighted by Crippen LogP contribution is 2.07. The normalized spacial score (nSPS) is 11.2. The largest absolute Gasteiger partial charge is 0.330 e. The zero-order chi connectivity index (χ0) is 9.61. The molecule has 0 atom stereocenters. The molecule has 72 valence electrons. The molecule has 0 unspecified atom stereocenters. The van der Waals surface area contributed by atoms with E-state index in [0.717, 1.165) is 0 Å². The maximum atomic E-state index is 11.1. The van der Waals surface area contributed by atoms with Crippen LogP contribution in [-0.2, 0) is 9.84 Å². The van der Waals surface area contributed by atoms with Crippen molar-refractivity contribution >= 4 is 33.0 Å². The second kappa shape index (κ2) is 5.80. The van der Waals surface area contributed by atoms with Crippen molar-refractivity contribution in [3.63, 3.8) is 0 Å². The summed E-state index contributed by atoms with van der Waals surface area (Å²) in [5.74, 6) is -0.0314. The Morgan fingerprint density at radius 3 is 2.42 bits per heavy atom. The summed E-state index contributed by atoms with van der Waals surface area (Å²) in [4.78, 5) is 0. The minimum absolute atomic E-state index is 0.0219. The summed E-state index contributed by atoms with van der Waals surface area (Å²) in [7, 11) is -3.06. The third kappa shape index (κ3) is 6.91. The number of sulfone groups is 1. The first-order valence-corrected chi connectivity index (χ1v) is 5.97. The van der Waals surface area contributed by atoms with Gasteiger partial charge < -0.3 is 5.73 Å². The Morgan fingerprint density at radius 2 is 2.00 bits per heavy atom. The van der Waals surface area contributed by atoms with E-state index >= 15 is 0 Å². The van der Waals surface area contributed by atoms with Gasteiger partial charge in [0.15, 0.2) is 9.84 Å². The Morgan fingerprint density at radius 1 is 1.42 bits per heavy atom. The van der Waals surface area contributed by atoms with Crippen LogP contribution in [0.5, 0.6) is 0 Å². The lowest BCUT2D eigenvalue weighted by molar-refractivity contribution is 0.596. The van der Waals surface area contributed by atoms with Crippen molar-refractivity contribution in [2.24, 2.45) is 5.73 Å². The lowest BCUT2D eigenvalue weighted by atomic mass is 10.5. The fourth-order valence-electron chi connectivity index (χ4n) is 0.577. The van der Waals surface area contributed by atoms with Crippen LogP contribution in [0.25, 0.3) is 0 Å². The number of nitrogens with two attached hydrogens (primary N) is 1. The average molecular weight is 232 g/mol. The first-order chi connectivity index (χ1) is 5.48. The molecule has 0 saturated heterocycles. The lowest BCUT2D eigenvalue weighted by Gasteiger charge is -1.98. The van der Waals surface area contributed by atoms with Crippen molar-refractivity contribution in [1.29, 1.82) is 0 Å². The second-order valence-electron chi connectivity index (χ2n) is 2.25. The number of halogens is 2. The van der Waals surface area contributed by atoms with Gasteiger partial charge in [0.1, 0.15) is 4.49 Å². The van der Waals surface area contributed by atoms with Gasteiger partial charge in [0.25, 0.3) is 0 Å². The summed E-state index contributed by atoms with van der Waals surface area (Å²) in [6, 6.07) is 0. The molecule has 0 aromatic rings. The van der Waals surface area contributed by atoms with E-state index < -0.39 is 9.84 Å². The standard InChI is InChI=1S/C6H11Cl2NO2S/c7-6(8)2-5-12(10,11)4-1-3-9/h2H,1,3-5,9H2. The predicted molar refractivity (Wildman–Crippen MR) is 52.1 cm³/mol. The van der Waals surface area contributed by atoms with Gasteiger partial charge in [0.2, 0.25) is 0 Å². The predicted octanol–water partition coefficient (Wildman–Crippen LogP) is 1.07. The molecule has 0 spiro atoms. The highest BCUT2D eigenvalue weighted by atomic mass is 35.5. The van der Waals surface area contributed by atoms with E-state index in [4.69, 9.17) is 28.9 Å². The molecular weight excluding hydrogens is 221 g/mol. The molecule has 0 fully saturated rings. The number of hydrogen-bond donors (Lipinski definition) is 1. The van der Waals surface area contributed by atoms with Gasteiger partial charge in [-0.05, 0) is 19.0 Å². The zero-order valence-corrected chi connectivity index (χ0v) is 8.79. The van der Waals surface area contributed by atoms with Gasteiger partial charge in [-0.3, -0.25) is 0 Å². The van der Waals surface area contributed by atoms with Crippen LogP contribution >= 0.6 is 23.2 Å². The maximum absolute atomic E-state index is 11.1. The van der Waals surface area contributed by atoms with Crippen LogP contribution in [0.1, 0.15) is 6.42 Å². The van der Waals surface area contributed by atoms with Gasteiger partial charge >= 0.3 is 0 Å². The molecule has 12 heavy (non-hydrogen) atoms. The molecule has 0 aromatic carbocycles. The van der Waals surface area contributed by atoms with E-state index in [-0.39, 0.29) is 16.0 Å². The fourth-order valence-corrected chi connectivity index (χ4v) is 2.11. The maximum Gasteiger partial charge on any atom is 0.153 e. The van der Waals surface area contributed by atoms with Crippen LogP contribution in [0.15, 0.2) is 10.6 Å². The van der Waals surface area contributed by atoms with Gasteiger partial charge in [-0.2, -0.15) is 0 Å². The van der Waals surface area contributed by atoms with Gasteiger partial charge in [-0.25, -0.2) is 8.42 Å². The molecule has 0 radical (unpaired) electrons. The molecule has 0 bridgehead atoms. The molecule has 6 heteroatoms. The van der Waals surface area contributed by atoms with Crippen LogP contribution in [0.4, 0.5) is 0 Å². The molecule has 0 aromatic heterocycles. The third-order valence-electron chi connectivity index (χ3n) is 1.15. The van der Waals surface area contributed by atoms with Crippen molar-refractivity contribution < 1.29 is 8.42 Å². The van der Waals surface area contributed by atoms with E-state index in [1.165, 1.54) is 6.08 Å². The average Bonchev–Trinajstić information content (AvgIpc) is 1.98. The van der Waals surface area contributed by atoms with E-state index in [1.807, 2.05) is 0 Å². The Kier molecular flexibility index (Phi) is 5.92. The summed E-state index contributed by atoms with van der Waals surface area (Å²) in [6.45, 7) is 0.373. The molecule has 2 N–H and O–H groups in total. The van der Waals surface area contributed by atoms with Gasteiger partial charge in [-0.15, -0.1) is 0 Å². The summed E-state index contributed by atoms with van der Waals surface area (Å²) >= 11 is 10.5. The zero-order valence-electron chi connectivity index (χ0n) is 6.46. The van der Waals surface area contributed by atoms with Crippen molar-refractivity contribution in [2.75, 3.05) is 18.1 Å². The van der Waals surface area contributed by atoms with Crippen molar-refractivity contribution in [3.8, 4) is 0 Å². The molecule has 0 rings (SSSR count). The summed E-state index contributed by atoms with van der Waals surface area (Å²) < 4.78 is 22.1. The van der Waals surface area contributed by atoms with Crippen molar-refractivity contribution in [3.05, 3.63) is 10.6 Å². The highest BCUT2D eigenvalue weighted by Gasteiger charge is 2.07. The van der Waals surface area contributed by atoms with Crippen LogP contribution < -0.4 is 5.73 Å². The number of rotatable bonds is 5. The van der Waals surface area contributed by atoms with Crippen LogP contribution in [0, 0.1) is 0 Å². The SMILES string of the molecule is NCCCS(=O)(=O)CC=C(Cl)Cl. The third-order valence-corrected chi connectivity index (χ3v) is 3.04. The molecule has 0 aliphatic heterocycles. The van der Waals surface area contributed by atoms with Crippen LogP contribution in [-0.4, -0.2) is 26.5 Å². The molecule has 0 aliphatic rings. The van der Waals surface area contributed by atoms with Crippen molar-refractivity contribution in [2.45, 2.75) is 6.42 Å². The molecular formula is C6H11Cl2NO2S. The quantitative estimate of drug-likeness (QED) is 0.771. The Balaban J connectivity index is 3.98. The van der Waals surface area contributed by atoms with E-state index in [1.54, 1.807) is 0 Å². The van der Waals surface area contributed by atoms with E-state index in [9.17, 15) is 8.42 Å². The van der Waals surface area contributed by atoms with Gasteiger partial charge in [0.05, 0.1) is 11.5 Å². The summed E-state index contributed by atoms with van der Waals surface area (Å²) in [6.07, 6.45) is 1.73.